The van der Waals surface area contributed by atoms with E-state index in [1.807, 2.05) is 19.1 Å². The number of ether oxygens (including phenoxy) is 1. The maximum Gasteiger partial charge on any atom is 0.162 e. The van der Waals surface area contributed by atoms with Crippen molar-refractivity contribution in [3.63, 3.8) is 0 Å². The van der Waals surface area contributed by atoms with E-state index in [-0.39, 0.29) is 11.9 Å². The lowest BCUT2D eigenvalue weighted by molar-refractivity contribution is 0.109. The number of phenols is 1. The van der Waals surface area contributed by atoms with Crippen LogP contribution < -0.4 is 10.1 Å². The molecule has 0 heterocycles. The average molecular weight is 279 g/mol. The van der Waals surface area contributed by atoms with Gasteiger partial charge >= 0.3 is 0 Å². The minimum Gasteiger partial charge on any atom is -0.504 e. The van der Waals surface area contributed by atoms with Crippen molar-refractivity contribution in [2.24, 2.45) is 5.92 Å². The van der Waals surface area contributed by atoms with Crippen LogP contribution >= 0.6 is 0 Å². The molecule has 1 saturated carbocycles. The van der Waals surface area contributed by atoms with Crippen LogP contribution in [0.15, 0.2) is 18.2 Å². The summed E-state index contributed by atoms with van der Waals surface area (Å²) in [6, 6.07) is 5.50. The zero-order valence-corrected chi connectivity index (χ0v) is 12.1. The molecule has 3 N–H and O–H groups in total. The van der Waals surface area contributed by atoms with Crippen LogP contribution in [0.4, 0.5) is 0 Å². The molecule has 112 valence electrons. The predicted octanol–water partition coefficient (Wildman–Crippen LogP) is 2.43. The van der Waals surface area contributed by atoms with E-state index >= 15 is 0 Å². The molecule has 0 spiro atoms. The Labute approximate surface area is 120 Å². The molecule has 4 heteroatoms. The number of aliphatic hydroxyl groups is 1. The monoisotopic (exact) mass is 279 g/mol. The van der Waals surface area contributed by atoms with Gasteiger partial charge < -0.3 is 20.3 Å². The molecule has 0 amide bonds. The molecule has 0 radical (unpaired) electrons. The number of nitrogens with one attached hydrogen (secondary N) is 1. The normalized spacial score (nSPS) is 17.3. The number of phenolic OH excluding ortho intramolecular Hbond substituents is 1. The maximum atomic E-state index is 10.1. The van der Waals surface area contributed by atoms with Gasteiger partial charge in [0.1, 0.15) is 0 Å². The molecule has 2 rings (SSSR count). The van der Waals surface area contributed by atoms with E-state index in [2.05, 4.69) is 5.32 Å². The molecule has 1 atom stereocenters. The number of aliphatic hydroxyl groups excluding tert-OH is 1. The lowest BCUT2D eigenvalue weighted by atomic mass is 10.0. The Balaban J connectivity index is 1.82. The third kappa shape index (κ3) is 3.87. The van der Waals surface area contributed by atoms with Crippen LogP contribution in [0.2, 0.25) is 0 Å². The van der Waals surface area contributed by atoms with Gasteiger partial charge in [0, 0.05) is 18.7 Å². The summed E-state index contributed by atoms with van der Waals surface area (Å²) in [4.78, 5) is 0. The third-order valence-electron chi connectivity index (χ3n) is 4.00. The van der Waals surface area contributed by atoms with Crippen LogP contribution in [0.5, 0.6) is 11.5 Å². The molecule has 0 saturated heterocycles. The SMILES string of the molecule is CCOc1cccc(CNCC(O)C2CCCC2)c1O. The first-order valence-corrected chi connectivity index (χ1v) is 7.54. The zero-order chi connectivity index (χ0) is 14.4. The van der Waals surface area contributed by atoms with Gasteiger partial charge in [-0.3, -0.25) is 0 Å². The smallest absolute Gasteiger partial charge is 0.162 e. The van der Waals surface area contributed by atoms with Crippen LogP contribution in [-0.2, 0) is 6.54 Å². The van der Waals surface area contributed by atoms with E-state index in [9.17, 15) is 10.2 Å². The van der Waals surface area contributed by atoms with Crippen LogP contribution in [0.3, 0.4) is 0 Å². The van der Waals surface area contributed by atoms with Crippen LogP contribution in [0.25, 0.3) is 0 Å². The minimum atomic E-state index is -0.283. The van der Waals surface area contributed by atoms with Gasteiger partial charge in [0.05, 0.1) is 12.7 Å². The van der Waals surface area contributed by atoms with Gasteiger partial charge in [-0.15, -0.1) is 0 Å². The standard InChI is InChI=1S/C16H25NO3/c1-2-20-15-9-5-8-13(16(15)19)10-17-11-14(18)12-6-3-4-7-12/h5,8-9,12,14,17-19H,2-4,6-7,10-11H2,1H3. The molecule has 1 unspecified atom stereocenters. The lowest BCUT2D eigenvalue weighted by Gasteiger charge is -2.18. The number of benzene rings is 1. The van der Waals surface area contributed by atoms with Crippen molar-refractivity contribution in [2.75, 3.05) is 13.2 Å². The number of hydrogen-bond donors (Lipinski definition) is 3. The van der Waals surface area contributed by atoms with E-state index < -0.39 is 0 Å². The second-order valence-electron chi connectivity index (χ2n) is 5.44. The van der Waals surface area contributed by atoms with E-state index in [4.69, 9.17) is 4.74 Å². The minimum absolute atomic E-state index is 0.192. The van der Waals surface area contributed by atoms with Gasteiger partial charge in [-0.25, -0.2) is 0 Å². The van der Waals surface area contributed by atoms with Gasteiger partial charge in [0.15, 0.2) is 11.5 Å². The number of hydrogen-bond acceptors (Lipinski definition) is 4. The van der Waals surface area contributed by atoms with Gasteiger partial charge in [-0.05, 0) is 31.7 Å². The van der Waals surface area contributed by atoms with Crippen molar-refractivity contribution in [3.05, 3.63) is 23.8 Å². The van der Waals surface area contributed by atoms with Crippen LogP contribution in [-0.4, -0.2) is 29.5 Å². The van der Waals surface area contributed by atoms with Crippen molar-refractivity contribution in [1.82, 2.24) is 5.32 Å². The van der Waals surface area contributed by atoms with Gasteiger partial charge in [0.25, 0.3) is 0 Å². The molecule has 0 aromatic heterocycles. The topological polar surface area (TPSA) is 61.7 Å². The Kier molecular flexibility index (Phi) is 5.68. The van der Waals surface area contributed by atoms with Crippen molar-refractivity contribution in [3.8, 4) is 11.5 Å². The van der Waals surface area contributed by atoms with Crippen molar-refractivity contribution in [2.45, 2.75) is 45.3 Å². The fraction of sp³-hybridized carbons (Fsp3) is 0.625. The molecule has 1 aliphatic rings. The van der Waals surface area contributed by atoms with Gasteiger partial charge in [-0.1, -0.05) is 25.0 Å². The highest BCUT2D eigenvalue weighted by molar-refractivity contribution is 5.45. The summed E-state index contributed by atoms with van der Waals surface area (Å²) in [6.07, 6.45) is 4.45. The largest absolute Gasteiger partial charge is 0.504 e. The van der Waals surface area contributed by atoms with Crippen LogP contribution in [0, 0.1) is 5.92 Å². The highest BCUT2D eigenvalue weighted by atomic mass is 16.5. The molecule has 20 heavy (non-hydrogen) atoms. The molecule has 1 aliphatic carbocycles. The summed E-state index contributed by atoms with van der Waals surface area (Å²) in [5.41, 5.74) is 0.801. The van der Waals surface area contributed by atoms with E-state index in [1.54, 1.807) is 6.07 Å². The highest BCUT2D eigenvalue weighted by Crippen LogP contribution is 2.30. The summed E-state index contributed by atoms with van der Waals surface area (Å²) in [5, 5.41) is 23.4. The summed E-state index contributed by atoms with van der Waals surface area (Å²) in [6.45, 7) is 3.53. The number of aromatic hydroxyl groups is 1. The molecular weight excluding hydrogens is 254 g/mol. The Morgan fingerprint density at radius 2 is 2.10 bits per heavy atom. The first kappa shape index (κ1) is 15.1. The molecule has 4 nitrogen and oxygen atoms in total. The van der Waals surface area contributed by atoms with E-state index in [0.717, 1.165) is 18.4 Å². The highest BCUT2D eigenvalue weighted by Gasteiger charge is 2.22. The summed E-state index contributed by atoms with van der Waals surface area (Å²) in [7, 11) is 0. The number of para-hydroxylation sites is 1. The quantitative estimate of drug-likeness (QED) is 0.717. The zero-order valence-electron chi connectivity index (χ0n) is 12.1. The molecule has 1 fully saturated rings. The second kappa shape index (κ2) is 7.50. The number of rotatable bonds is 7. The van der Waals surface area contributed by atoms with Crippen LogP contribution in [0.1, 0.15) is 38.2 Å². The summed E-state index contributed by atoms with van der Waals surface area (Å²) in [5.74, 6) is 1.14. The average Bonchev–Trinajstić information content (AvgIpc) is 2.97. The fourth-order valence-corrected chi connectivity index (χ4v) is 2.85. The van der Waals surface area contributed by atoms with Crippen molar-refractivity contribution < 1.29 is 14.9 Å². The molecular formula is C16H25NO3. The molecule has 0 aliphatic heterocycles. The Bertz CT molecular complexity index is 416. The fourth-order valence-electron chi connectivity index (χ4n) is 2.85. The second-order valence-corrected chi connectivity index (χ2v) is 5.44. The van der Waals surface area contributed by atoms with Gasteiger partial charge in [0.2, 0.25) is 0 Å². The third-order valence-corrected chi connectivity index (χ3v) is 4.00. The van der Waals surface area contributed by atoms with Crippen molar-refractivity contribution in [1.29, 1.82) is 0 Å². The summed E-state index contributed by atoms with van der Waals surface area (Å²) >= 11 is 0. The molecule has 1 aromatic rings. The Hall–Kier alpha value is -1.26. The molecule has 0 bridgehead atoms. The maximum absolute atomic E-state index is 10.1. The lowest BCUT2D eigenvalue weighted by Crippen LogP contribution is -2.31. The predicted molar refractivity (Wildman–Crippen MR) is 78.9 cm³/mol. The van der Waals surface area contributed by atoms with E-state index in [0.29, 0.717) is 31.4 Å². The van der Waals surface area contributed by atoms with E-state index in [1.165, 1.54) is 12.8 Å². The first-order chi connectivity index (χ1) is 9.72. The van der Waals surface area contributed by atoms with Gasteiger partial charge in [-0.2, -0.15) is 0 Å². The van der Waals surface area contributed by atoms with Crippen molar-refractivity contribution >= 4 is 0 Å². The molecule has 1 aromatic carbocycles. The Morgan fingerprint density at radius 1 is 1.35 bits per heavy atom. The summed E-state index contributed by atoms with van der Waals surface area (Å²) < 4.78 is 5.36. The first-order valence-electron chi connectivity index (χ1n) is 7.54. The Morgan fingerprint density at radius 3 is 2.80 bits per heavy atom.